The van der Waals surface area contributed by atoms with Gasteiger partial charge >= 0.3 is 0 Å². The molecule has 0 aromatic rings. The third-order valence-corrected chi connectivity index (χ3v) is 2.85. The maximum Gasteiger partial charge on any atom is 0.224 e. The molecule has 1 unspecified atom stereocenters. The van der Waals surface area contributed by atoms with E-state index in [1.807, 2.05) is 6.92 Å². The lowest BCUT2D eigenvalue weighted by atomic mass is 10.2. The molecule has 4 heteroatoms. The van der Waals surface area contributed by atoms with Gasteiger partial charge in [-0.1, -0.05) is 22.9 Å². The van der Waals surface area contributed by atoms with E-state index in [0.717, 1.165) is 13.0 Å². The minimum atomic E-state index is 0.0139. The van der Waals surface area contributed by atoms with Gasteiger partial charge in [0.15, 0.2) is 0 Å². The molecule has 70 valence electrons. The fourth-order valence-electron chi connectivity index (χ4n) is 1.49. The zero-order chi connectivity index (χ0) is 9.14. The van der Waals surface area contributed by atoms with E-state index in [0.29, 0.717) is 6.42 Å². The maximum absolute atomic E-state index is 11.3. The Morgan fingerprint density at radius 1 is 1.83 bits per heavy atom. The van der Waals surface area contributed by atoms with E-state index in [1.165, 1.54) is 0 Å². The van der Waals surface area contributed by atoms with Crippen LogP contribution in [0.4, 0.5) is 0 Å². The van der Waals surface area contributed by atoms with Gasteiger partial charge < -0.3 is 10.0 Å². The molecule has 1 heterocycles. The predicted molar refractivity (Wildman–Crippen MR) is 50.2 cm³/mol. The molecule has 0 spiro atoms. The highest BCUT2D eigenvalue weighted by molar-refractivity contribution is 9.09. The van der Waals surface area contributed by atoms with E-state index in [4.69, 9.17) is 5.11 Å². The first-order valence-corrected chi connectivity index (χ1v) is 5.15. The van der Waals surface area contributed by atoms with Crippen molar-refractivity contribution in [1.29, 1.82) is 0 Å². The van der Waals surface area contributed by atoms with Crippen LogP contribution in [0.3, 0.4) is 0 Å². The number of hydrogen-bond acceptors (Lipinski definition) is 2. The molecule has 0 aromatic heterocycles. The summed E-state index contributed by atoms with van der Waals surface area (Å²) in [5.41, 5.74) is 0. The van der Waals surface area contributed by atoms with Crippen molar-refractivity contribution < 1.29 is 9.90 Å². The summed E-state index contributed by atoms with van der Waals surface area (Å²) in [5, 5.41) is 8.98. The molecule has 1 N–H and O–H groups in total. The number of carbonyl (C=O) groups excluding carboxylic acids is 1. The van der Waals surface area contributed by atoms with Crippen molar-refractivity contribution in [2.45, 2.75) is 30.6 Å². The van der Waals surface area contributed by atoms with Gasteiger partial charge in [0.05, 0.1) is 12.6 Å². The van der Waals surface area contributed by atoms with Crippen LogP contribution < -0.4 is 0 Å². The molecule has 3 nitrogen and oxygen atoms in total. The molecule has 1 aliphatic rings. The summed E-state index contributed by atoms with van der Waals surface area (Å²) in [6.45, 7) is 2.79. The largest absolute Gasteiger partial charge is 0.394 e. The number of alkyl halides is 1. The minimum Gasteiger partial charge on any atom is -0.394 e. The Hall–Kier alpha value is -0.0900. The SMILES string of the molecule is CC[C@@H](CO)N1CC(Br)CC1=O. The number of halogens is 1. The number of aliphatic hydroxyl groups excluding tert-OH is 1. The van der Waals surface area contributed by atoms with Crippen LogP contribution in [0.2, 0.25) is 0 Å². The number of rotatable bonds is 3. The fraction of sp³-hybridized carbons (Fsp3) is 0.875. The Kier molecular flexibility index (Phi) is 3.53. The van der Waals surface area contributed by atoms with Gasteiger partial charge in [-0.05, 0) is 6.42 Å². The second kappa shape index (κ2) is 4.23. The van der Waals surface area contributed by atoms with Gasteiger partial charge in [-0.2, -0.15) is 0 Å². The summed E-state index contributed by atoms with van der Waals surface area (Å²) in [6, 6.07) is 0.0139. The van der Waals surface area contributed by atoms with E-state index in [2.05, 4.69) is 15.9 Å². The van der Waals surface area contributed by atoms with E-state index in [9.17, 15) is 4.79 Å². The van der Waals surface area contributed by atoms with E-state index in [1.54, 1.807) is 4.90 Å². The fourth-order valence-corrected chi connectivity index (χ4v) is 2.08. The van der Waals surface area contributed by atoms with Crippen LogP contribution in [0.15, 0.2) is 0 Å². The number of carbonyl (C=O) groups is 1. The zero-order valence-electron chi connectivity index (χ0n) is 7.16. The van der Waals surface area contributed by atoms with Gasteiger partial charge in [0.25, 0.3) is 0 Å². The molecule has 1 fully saturated rings. The first kappa shape index (κ1) is 9.99. The summed E-state index contributed by atoms with van der Waals surface area (Å²) in [5.74, 6) is 0.151. The van der Waals surface area contributed by atoms with Gasteiger partial charge in [-0.15, -0.1) is 0 Å². The van der Waals surface area contributed by atoms with Crippen LogP contribution in [0.5, 0.6) is 0 Å². The van der Waals surface area contributed by atoms with Crippen molar-refractivity contribution in [1.82, 2.24) is 4.90 Å². The number of nitrogens with zero attached hydrogens (tertiary/aromatic N) is 1. The molecule has 1 aliphatic heterocycles. The average molecular weight is 236 g/mol. The van der Waals surface area contributed by atoms with Crippen molar-refractivity contribution in [3.8, 4) is 0 Å². The van der Waals surface area contributed by atoms with Crippen molar-refractivity contribution in [2.24, 2.45) is 0 Å². The molecule has 0 aromatic carbocycles. The molecule has 1 rings (SSSR count). The molecule has 2 atom stereocenters. The summed E-state index contributed by atoms with van der Waals surface area (Å²) >= 11 is 3.40. The zero-order valence-corrected chi connectivity index (χ0v) is 8.75. The second-order valence-electron chi connectivity index (χ2n) is 3.09. The smallest absolute Gasteiger partial charge is 0.224 e. The van der Waals surface area contributed by atoms with Crippen LogP contribution >= 0.6 is 15.9 Å². The van der Waals surface area contributed by atoms with Crippen LogP contribution in [0.25, 0.3) is 0 Å². The van der Waals surface area contributed by atoms with Gasteiger partial charge in [-0.25, -0.2) is 0 Å². The van der Waals surface area contributed by atoms with Crippen molar-refractivity contribution in [2.75, 3.05) is 13.2 Å². The number of hydrogen-bond donors (Lipinski definition) is 1. The van der Waals surface area contributed by atoms with E-state index < -0.39 is 0 Å². The van der Waals surface area contributed by atoms with Crippen molar-refractivity contribution in [3.63, 3.8) is 0 Å². The summed E-state index contributed by atoms with van der Waals surface area (Å²) < 4.78 is 0. The molecule has 0 saturated carbocycles. The van der Waals surface area contributed by atoms with Gasteiger partial charge in [0.2, 0.25) is 5.91 Å². The Morgan fingerprint density at radius 3 is 2.83 bits per heavy atom. The lowest BCUT2D eigenvalue weighted by molar-refractivity contribution is -0.130. The number of amides is 1. The molecule has 0 radical (unpaired) electrons. The van der Waals surface area contributed by atoms with Crippen molar-refractivity contribution >= 4 is 21.8 Å². The van der Waals surface area contributed by atoms with Crippen molar-refractivity contribution in [3.05, 3.63) is 0 Å². The third-order valence-electron chi connectivity index (χ3n) is 2.23. The number of likely N-dealkylation sites (tertiary alicyclic amines) is 1. The molecule has 0 bridgehead atoms. The molecule has 0 aliphatic carbocycles. The summed E-state index contributed by atoms with van der Waals surface area (Å²) in [7, 11) is 0. The topological polar surface area (TPSA) is 40.5 Å². The standard InChI is InChI=1S/C8H14BrNO2/c1-2-7(5-11)10-4-6(9)3-8(10)12/h6-7,11H,2-5H2,1H3/t6?,7-/m0/s1. The highest BCUT2D eigenvalue weighted by atomic mass is 79.9. The third kappa shape index (κ3) is 1.98. The minimum absolute atomic E-state index is 0.0139. The van der Waals surface area contributed by atoms with Gasteiger partial charge in [0.1, 0.15) is 0 Å². The first-order valence-electron chi connectivity index (χ1n) is 4.23. The molecule has 1 saturated heterocycles. The maximum atomic E-state index is 11.3. The first-order chi connectivity index (χ1) is 5.69. The highest BCUT2D eigenvalue weighted by Crippen LogP contribution is 2.21. The van der Waals surface area contributed by atoms with Crippen LogP contribution in [-0.2, 0) is 4.79 Å². The Bertz CT molecular complexity index is 170. The molecular formula is C8H14BrNO2. The average Bonchev–Trinajstić information content (AvgIpc) is 2.34. The monoisotopic (exact) mass is 235 g/mol. The normalized spacial score (nSPS) is 26.4. The van der Waals surface area contributed by atoms with Crippen LogP contribution in [0, 0.1) is 0 Å². The van der Waals surface area contributed by atoms with E-state index >= 15 is 0 Å². The highest BCUT2D eigenvalue weighted by Gasteiger charge is 2.31. The Balaban J connectivity index is 2.56. The van der Waals surface area contributed by atoms with Gasteiger partial charge in [-0.3, -0.25) is 4.79 Å². The summed E-state index contributed by atoms with van der Waals surface area (Å²) in [4.78, 5) is 13.4. The lowest BCUT2D eigenvalue weighted by Crippen LogP contribution is -2.38. The molecular weight excluding hydrogens is 222 g/mol. The van der Waals surface area contributed by atoms with E-state index in [-0.39, 0.29) is 23.4 Å². The summed E-state index contributed by atoms with van der Waals surface area (Å²) in [6.07, 6.45) is 1.39. The van der Waals surface area contributed by atoms with Crippen LogP contribution in [-0.4, -0.2) is 39.9 Å². The molecule has 1 amide bonds. The second-order valence-corrected chi connectivity index (χ2v) is 4.39. The lowest BCUT2D eigenvalue weighted by Gasteiger charge is -2.24. The van der Waals surface area contributed by atoms with Gasteiger partial charge in [0, 0.05) is 17.8 Å². The quantitative estimate of drug-likeness (QED) is 0.734. The van der Waals surface area contributed by atoms with Crippen LogP contribution in [0.1, 0.15) is 19.8 Å². The number of aliphatic hydroxyl groups is 1. The predicted octanol–water partition coefficient (Wildman–Crippen LogP) is 0.753. The Morgan fingerprint density at radius 2 is 2.50 bits per heavy atom. The Labute approximate surface area is 80.9 Å². The molecule has 12 heavy (non-hydrogen) atoms.